The summed E-state index contributed by atoms with van der Waals surface area (Å²) in [7, 11) is -3.29. The molecule has 0 amide bonds. The fourth-order valence-electron chi connectivity index (χ4n) is 2.14. The van der Waals surface area contributed by atoms with Crippen molar-refractivity contribution in [2.24, 2.45) is 0 Å². The number of rotatable bonds is 6. The Morgan fingerprint density at radius 3 is 2.50 bits per heavy atom. The summed E-state index contributed by atoms with van der Waals surface area (Å²) in [6.45, 7) is 4.66. The average Bonchev–Trinajstić information content (AvgIpc) is 2.42. The minimum Gasteiger partial charge on any atom is -0.370 e. The van der Waals surface area contributed by atoms with Gasteiger partial charge in [0, 0.05) is 5.02 Å². The Hall–Kier alpha value is -0.660. The van der Waals surface area contributed by atoms with E-state index in [0.29, 0.717) is 11.6 Å². The fourth-order valence-corrected chi connectivity index (χ4v) is 3.42. The molecule has 7 heteroatoms. The second kappa shape index (κ2) is 7.38. The Balaban J connectivity index is 1.77. The summed E-state index contributed by atoms with van der Waals surface area (Å²) in [4.78, 5) is 1.38. The van der Waals surface area contributed by atoms with Gasteiger partial charge in [0.05, 0.1) is 32.1 Å². The van der Waals surface area contributed by atoms with E-state index in [1.807, 2.05) is 0 Å². The third-order valence-electron chi connectivity index (χ3n) is 3.27. The number of hydrogen-bond donors (Lipinski definition) is 2. The summed E-state index contributed by atoms with van der Waals surface area (Å²) in [5, 5.41) is 0.607. The van der Waals surface area contributed by atoms with E-state index in [-0.39, 0.29) is 5.75 Å². The number of quaternary nitrogens is 1. The van der Waals surface area contributed by atoms with Gasteiger partial charge in [-0.05, 0) is 17.7 Å². The van der Waals surface area contributed by atoms with Crippen LogP contribution in [0.4, 0.5) is 0 Å². The van der Waals surface area contributed by atoms with Gasteiger partial charge in [0.2, 0.25) is 10.0 Å². The minimum atomic E-state index is -3.29. The highest BCUT2D eigenvalue weighted by molar-refractivity contribution is 7.88. The summed E-state index contributed by atoms with van der Waals surface area (Å²) in [6.07, 6.45) is 0. The van der Waals surface area contributed by atoms with Crippen LogP contribution in [0.5, 0.6) is 0 Å². The van der Waals surface area contributed by atoms with Gasteiger partial charge >= 0.3 is 0 Å². The van der Waals surface area contributed by atoms with Gasteiger partial charge in [-0.3, -0.25) is 0 Å². The van der Waals surface area contributed by atoms with Crippen LogP contribution < -0.4 is 9.62 Å². The molecule has 0 unspecified atom stereocenters. The summed E-state index contributed by atoms with van der Waals surface area (Å²) in [6, 6.07) is 6.86. The van der Waals surface area contributed by atoms with Crippen LogP contribution >= 0.6 is 11.6 Å². The number of halogens is 1. The molecule has 0 aliphatic carbocycles. The molecule has 1 saturated heterocycles. The number of nitrogens with one attached hydrogen (secondary N) is 2. The first-order valence-electron chi connectivity index (χ1n) is 6.68. The maximum Gasteiger partial charge on any atom is 0.215 e. The number of hydrogen-bond acceptors (Lipinski definition) is 3. The van der Waals surface area contributed by atoms with E-state index in [4.69, 9.17) is 16.3 Å². The summed E-state index contributed by atoms with van der Waals surface area (Å²) < 4.78 is 31.8. The standard InChI is InChI=1S/C13H19ClN2O3S/c14-13-3-1-12(2-4-13)11-20(17,18)15-5-6-16-7-9-19-10-8-16/h1-4,15H,5-11H2/p+1. The van der Waals surface area contributed by atoms with Crippen LogP contribution in [-0.2, 0) is 20.5 Å². The van der Waals surface area contributed by atoms with Gasteiger partial charge in [-0.2, -0.15) is 0 Å². The van der Waals surface area contributed by atoms with Crippen molar-refractivity contribution in [3.8, 4) is 0 Å². The highest BCUT2D eigenvalue weighted by atomic mass is 35.5. The molecule has 0 aromatic heterocycles. The van der Waals surface area contributed by atoms with Crippen molar-refractivity contribution in [2.75, 3.05) is 39.4 Å². The molecule has 20 heavy (non-hydrogen) atoms. The number of morpholine rings is 1. The van der Waals surface area contributed by atoms with Gasteiger partial charge in [-0.15, -0.1) is 0 Å². The molecule has 1 heterocycles. The molecule has 1 aromatic rings. The van der Waals surface area contributed by atoms with E-state index in [1.54, 1.807) is 24.3 Å². The molecule has 0 atom stereocenters. The maximum absolute atomic E-state index is 11.9. The first-order chi connectivity index (χ1) is 9.55. The summed E-state index contributed by atoms with van der Waals surface area (Å²) in [5.41, 5.74) is 0.737. The van der Waals surface area contributed by atoms with E-state index < -0.39 is 10.0 Å². The summed E-state index contributed by atoms with van der Waals surface area (Å²) in [5.74, 6) is -0.0113. The number of sulfonamides is 1. The second-order valence-electron chi connectivity index (χ2n) is 4.89. The minimum absolute atomic E-state index is 0.0113. The Morgan fingerprint density at radius 2 is 1.85 bits per heavy atom. The quantitative estimate of drug-likeness (QED) is 0.755. The van der Waals surface area contributed by atoms with Crippen LogP contribution in [0.15, 0.2) is 24.3 Å². The van der Waals surface area contributed by atoms with Gasteiger partial charge in [-0.1, -0.05) is 23.7 Å². The lowest BCUT2D eigenvalue weighted by atomic mass is 10.2. The Kier molecular flexibility index (Phi) is 5.80. The van der Waals surface area contributed by atoms with Crippen molar-refractivity contribution in [1.29, 1.82) is 0 Å². The van der Waals surface area contributed by atoms with Crippen LogP contribution in [0.25, 0.3) is 0 Å². The van der Waals surface area contributed by atoms with Crippen LogP contribution in [0.1, 0.15) is 5.56 Å². The van der Waals surface area contributed by atoms with Crippen molar-refractivity contribution >= 4 is 21.6 Å². The zero-order valence-electron chi connectivity index (χ0n) is 11.3. The smallest absolute Gasteiger partial charge is 0.215 e. The fraction of sp³-hybridized carbons (Fsp3) is 0.538. The monoisotopic (exact) mass is 319 g/mol. The van der Waals surface area contributed by atoms with Crippen molar-refractivity contribution in [3.05, 3.63) is 34.9 Å². The van der Waals surface area contributed by atoms with Crippen molar-refractivity contribution < 1.29 is 18.1 Å². The SMILES string of the molecule is O=S(=O)(Cc1ccc(Cl)cc1)NCC[NH+]1CCOCC1. The largest absolute Gasteiger partial charge is 0.370 e. The molecular formula is C13H20ClN2O3S+. The van der Waals surface area contributed by atoms with Crippen molar-refractivity contribution in [2.45, 2.75) is 5.75 Å². The molecule has 2 rings (SSSR count). The molecule has 1 fully saturated rings. The highest BCUT2D eigenvalue weighted by Gasteiger charge is 2.16. The first kappa shape index (κ1) is 15.7. The molecule has 0 spiro atoms. The lowest BCUT2D eigenvalue weighted by Crippen LogP contribution is -3.14. The van der Waals surface area contributed by atoms with E-state index >= 15 is 0 Å². The molecule has 1 aromatic carbocycles. The molecular weight excluding hydrogens is 300 g/mol. The Bertz CT molecular complexity index is 513. The van der Waals surface area contributed by atoms with Gasteiger partial charge in [0.25, 0.3) is 0 Å². The molecule has 0 radical (unpaired) electrons. The van der Waals surface area contributed by atoms with E-state index in [0.717, 1.165) is 38.4 Å². The zero-order valence-corrected chi connectivity index (χ0v) is 12.8. The predicted octanol–water partition coefficient (Wildman–Crippen LogP) is -0.325. The molecule has 0 saturated carbocycles. The topological polar surface area (TPSA) is 59.8 Å². The second-order valence-corrected chi connectivity index (χ2v) is 7.14. The third-order valence-corrected chi connectivity index (χ3v) is 4.88. The number of ether oxygens (including phenoxy) is 1. The first-order valence-corrected chi connectivity index (χ1v) is 8.71. The molecule has 0 bridgehead atoms. The van der Waals surface area contributed by atoms with Crippen LogP contribution in [-0.4, -0.2) is 47.8 Å². The van der Waals surface area contributed by atoms with Crippen molar-refractivity contribution in [3.63, 3.8) is 0 Å². The zero-order chi connectivity index (χ0) is 14.4. The van der Waals surface area contributed by atoms with E-state index in [9.17, 15) is 8.42 Å². The maximum atomic E-state index is 11.9. The van der Waals surface area contributed by atoms with Gasteiger partial charge in [0.1, 0.15) is 13.1 Å². The Labute approximate surface area is 124 Å². The van der Waals surface area contributed by atoms with E-state index in [2.05, 4.69) is 4.72 Å². The normalized spacial score (nSPS) is 17.2. The lowest BCUT2D eigenvalue weighted by Gasteiger charge is -2.23. The number of benzene rings is 1. The van der Waals surface area contributed by atoms with Crippen LogP contribution in [0, 0.1) is 0 Å². The molecule has 1 aliphatic rings. The molecule has 1 aliphatic heterocycles. The highest BCUT2D eigenvalue weighted by Crippen LogP contribution is 2.11. The van der Waals surface area contributed by atoms with Gasteiger partial charge < -0.3 is 9.64 Å². The van der Waals surface area contributed by atoms with Gasteiger partial charge in [0.15, 0.2) is 0 Å². The third kappa shape index (κ3) is 5.38. The Morgan fingerprint density at radius 1 is 1.20 bits per heavy atom. The van der Waals surface area contributed by atoms with Crippen LogP contribution in [0.3, 0.4) is 0 Å². The summed E-state index contributed by atoms with van der Waals surface area (Å²) >= 11 is 5.77. The predicted molar refractivity (Wildman–Crippen MR) is 78.5 cm³/mol. The van der Waals surface area contributed by atoms with Crippen molar-refractivity contribution in [1.82, 2.24) is 4.72 Å². The molecule has 2 N–H and O–H groups in total. The molecule has 112 valence electrons. The van der Waals surface area contributed by atoms with Gasteiger partial charge in [-0.25, -0.2) is 13.1 Å². The average molecular weight is 320 g/mol. The van der Waals surface area contributed by atoms with E-state index in [1.165, 1.54) is 4.90 Å². The lowest BCUT2D eigenvalue weighted by molar-refractivity contribution is -0.906. The molecule has 5 nitrogen and oxygen atoms in total. The van der Waals surface area contributed by atoms with Crippen LogP contribution in [0.2, 0.25) is 5.02 Å².